The molecule has 0 atom stereocenters. The van der Waals surface area contributed by atoms with E-state index in [-0.39, 0.29) is 5.82 Å². The molecule has 0 unspecified atom stereocenters. The Bertz CT molecular complexity index is 765. The summed E-state index contributed by atoms with van der Waals surface area (Å²) < 4.78 is 14.0. The summed E-state index contributed by atoms with van der Waals surface area (Å²) in [4.78, 5) is 0. The number of aromatic nitrogens is 2. The zero-order chi connectivity index (χ0) is 14.8. The zero-order valence-electron chi connectivity index (χ0n) is 11.6. The van der Waals surface area contributed by atoms with Crippen molar-refractivity contribution in [2.75, 3.05) is 5.32 Å². The van der Waals surface area contributed by atoms with E-state index in [9.17, 15) is 4.39 Å². The molecule has 0 radical (unpaired) electrons. The average molecular weight is 304 g/mol. The summed E-state index contributed by atoms with van der Waals surface area (Å²) in [6.07, 6.45) is 0.764. The fourth-order valence-electron chi connectivity index (χ4n) is 2.31. The van der Waals surface area contributed by atoms with Crippen molar-refractivity contribution in [3.63, 3.8) is 0 Å². The van der Waals surface area contributed by atoms with Crippen LogP contribution in [0.25, 0.3) is 10.9 Å². The van der Waals surface area contributed by atoms with Gasteiger partial charge in [0, 0.05) is 22.6 Å². The van der Waals surface area contributed by atoms with E-state index in [0.717, 1.165) is 28.8 Å². The third-order valence-corrected chi connectivity index (χ3v) is 3.70. The number of aryl methyl sites for hydroxylation is 1. The van der Waals surface area contributed by atoms with Crippen molar-refractivity contribution in [3.05, 3.63) is 58.5 Å². The average Bonchev–Trinajstić information content (AvgIpc) is 2.90. The normalized spacial score (nSPS) is 11.0. The second-order valence-electron chi connectivity index (χ2n) is 4.88. The number of H-pyrrole nitrogens is 1. The van der Waals surface area contributed by atoms with Crippen molar-refractivity contribution in [1.29, 1.82) is 0 Å². The minimum absolute atomic E-state index is 0.293. The van der Waals surface area contributed by atoms with E-state index >= 15 is 0 Å². The van der Waals surface area contributed by atoms with Crippen LogP contribution in [0.4, 0.5) is 10.1 Å². The molecule has 2 aromatic carbocycles. The molecule has 1 heterocycles. The number of rotatable bonds is 4. The third-order valence-electron chi connectivity index (χ3n) is 3.45. The SMILES string of the molecule is CCc1n[nH]c2c(F)cc(NCc3ccc(Cl)cc3)cc12. The van der Waals surface area contributed by atoms with Gasteiger partial charge in [-0.1, -0.05) is 30.7 Å². The Labute approximate surface area is 127 Å². The van der Waals surface area contributed by atoms with E-state index in [1.54, 1.807) is 0 Å². The van der Waals surface area contributed by atoms with Crippen LogP contribution < -0.4 is 5.32 Å². The molecule has 0 saturated heterocycles. The molecule has 0 aliphatic carbocycles. The van der Waals surface area contributed by atoms with E-state index in [1.165, 1.54) is 6.07 Å². The van der Waals surface area contributed by atoms with Gasteiger partial charge in [0.05, 0.1) is 5.69 Å². The number of halogens is 2. The Morgan fingerprint density at radius 1 is 1.24 bits per heavy atom. The smallest absolute Gasteiger partial charge is 0.150 e. The molecule has 0 saturated carbocycles. The van der Waals surface area contributed by atoms with Crippen LogP contribution in [0.5, 0.6) is 0 Å². The van der Waals surface area contributed by atoms with Crippen molar-refractivity contribution in [3.8, 4) is 0 Å². The summed E-state index contributed by atoms with van der Waals surface area (Å²) in [5.74, 6) is -0.293. The summed E-state index contributed by atoms with van der Waals surface area (Å²) in [6, 6.07) is 11.0. The van der Waals surface area contributed by atoms with Gasteiger partial charge in [-0.15, -0.1) is 0 Å². The number of hydrogen-bond acceptors (Lipinski definition) is 2. The molecule has 0 bridgehead atoms. The summed E-state index contributed by atoms with van der Waals surface area (Å²) in [5.41, 5.74) is 3.16. The van der Waals surface area contributed by atoms with Crippen LogP contribution in [0.1, 0.15) is 18.2 Å². The van der Waals surface area contributed by atoms with Crippen molar-refractivity contribution in [2.24, 2.45) is 0 Å². The van der Waals surface area contributed by atoms with Gasteiger partial charge in [0.25, 0.3) is 0 Å². The number of aromatic amines is 1. The molecular formula is C16H15ClFN3. The lowest BCUT2D eigenvalue weighted by Gasteiger charge is -2.08. The summed E-state index contributed by atoms with van der Waals surface area (Å²) in [7, 11) is 0. The number of hydrogen-bond donors (Lipinski definition) is 2. The highest BCUT2D eigenvalue weighted by atomic mass is 35.5. The lowest BCUT2D eigenvalue weighted by Crippen LogP contribution is -1.99. The molecule has 0 amide bonds. The Morgan fingerprint density at radius 2 is 2.00 bits per heavy atom. The topological polar surface area (TPSA) is 40.7 Å². The van der Waals surface area contributed by atoms with Crippen LogP contribution in [-0.2, 0) is 13.0 Å². The van der Waals surface area contributed by atoms with Gasteiger partial charge in [0.15, 0.2) is 5.82 Å². The molecule has 21 heavy (non-hydrogen) atoms. The van der Waals surface area contributed by atoms with Crippen LogP contribution in [-0.4, -0.2) is 10.2 Å². The molecule has 3 rings (SSSR count). The van der Waals surface area contributed by atoms with E-state index in [2.05, 4.69) is 15.5 Å². The van der Waals surface area contributed by atoms with Crippen LogP contribution in [0.15, 0.2) is 36.4 Å². The standard InChI is InChI=1S/C16H15ClFN3/c1-2-15-13-7-12(8-14(18)16(13)21-20-15)19-9-10-3-5-11(17)6-4-10/h3-8,19H,2,9H2,1H3,(H,20,21). The Hall–Kier alpha value is -2.07. The quantitative estimate of drug-likeness (QED) is 0.743. The summed E-state index contributed by atoms with van der Waals surface area (Å²) >= 11 is 5.86. The van der Waals surface area contributed by atoms with Crippen LogP contribution >= 0.6 is 11.6 Å². The second-order valence-corrected chi connectivity index (χ2v) is 5.32. The third kappa shape index (κ3) is 2.85. The first-order valence-electron chi connectivity index (χ1n) is 6.82. The highest BCUT2D eigenvalue weighted by Gasteiger charge is 2.10. The monoisotopic (exact) mass is 303 g/mol. The maximum absolute atomic E-state index is 14.0. The first kappa shape index (κ1) is 13.9. The van der Waals surface area contributed by atoms with Crippen LogP contribution in [0.3, 0.4) is 0 Å². The molecule has 0 fully saturated rings. The predicted molar refractivity (Wildman–Crippen MR) is 84.2 cm³/mol. The molecular weight excluding hydrogens is 289 g/mol. The fourth-order valence-corrected chi connectivity index (χ4v) is 2.44. The van der Waals surface area contributed by atoms with Crippen molar-refractivity contribution >= 4 is 28.2 Å². The molecule has 108 valence electrons. The Kier molecular flexibility index (Phi) is 3.80. The van der Waals surface area contributed by atoms with Gasteiger partial charge in [0.1, 0.15) is 5.52 Å². The lowest BCUT2D eigenvalue weighted by molar-refractivity contribution is 0.636. The van der Waals surface area contributed by atoms with E-state index in [4.69, 9.17) is 11.6 Å². The number of nitrogens with one attached hydrogen (secondary N) is 2. The molecule has 2 N–H and O–H groups in total. The van der Waals surface area contributed by atoms with E-state index in [0.29, 0.717) is 17.1 Å². The zero-order valence-corrected chi connectivity index (χ0v) is 12.3. The van der Waals surface area contributed by atoms with Gasteiger partial charge in [0.2, 0.25) is 0 Å². The maximum atomic E-state index is 14.0. The molecule has 3 nitrogen and oxygen atoms in total. The van der Waals surface area contributed by atoms with Gasteiger partial charge in [-0.2, -0.15) is 5.10 Å². The highest BCUT2D eigenvalue weighted by molar-refractivity contribution is 6.30. The van der Waals surface area contributed by atoms with E-state index < -0.39 is 0 Å². The molecule has 1 aromatic heterocycles. The molecule has 0 aliphatic heterocycles. The van der Waals surface area contributed by atoms with Crippen LogP contribution in [0, 0.1) is 5.82 Å². The molecule has 0 spiro atoms. The van der Waals surface area contributed by atoms with Crippen molar-refractivity contribution in [2.45, 2.75) is 19.9 Å². The largest absolute Gasteiger partial charge is 0.381 e. The van der Waals surface area contributed by atoms with Crippen LogP contribution in [0.2, 0.25) is 5.02 Å². The second kappa shape index (κ2) is 5.74. The first-order chi connectivity index (χ1) is 10.2. The number of fused-ring (bicyclic) bond motifs is 1. The number of nitrogens with zero attached hydrogens (tertiary/aromatic N) is 1. The van der Waals surface area contributed by atoms with E-state index in [1.807, 2.05) is 37.3 Å². The molecule has 5 heteroatoms. The van der Waals surface area contributed by atoms with Crippen molar-refractivity contribution < 1.29 is 4.39 Å². The predicted octanol–water partition coefficient (Wildman–Crippen LogP) is 4.53. The van der Waals surface area contributed by atoms with Gasteiger partial charge in [-0.25, -0.2) is 4.39 Å². The minimum Gasteiger partial charge on any atom is -0.381 e. The Balaban J connectivity index is 1.85. The lowest BCUT2D eigenvalue weighted by atomic mass is 10.1. The van der Waals surface area contributed by atoms with Gasteiger partial charge in [-0.05, 0) is 36.2 Å². The number of benzene rings is 2. The summed E-state index contributed by atoms with van der Waals surface area (Å²) in [5, 5.41) is 11.6. The molecule has 0 aliphatic rings. The number of anilines is 1. The fraction of sp³-hybridized carbons (Fsp3) is 0.188. The van der Waals surface area contributed by atoms with Gasteiger partial charge >= 0.3 is 0 Å². The summed E-state index contributed by atoms with van der Waals surface area (Å²) in [6.45, 7) is 2.61. The maximum Gasteiger partial charge on any atom is 0.150 e. The first-order valence-corrected chi connectivity index (χ1v) is 7.20. The molecule has 3 aromatic rings. The highest BCUT2D eigenvalue weighted by Crippen LogP contribution is 2.24. The minimum atomic E-state index is -0.293. The Morgan fingerprint density at radius 3 is 2.71 bits per heavy atom. The van der Waals surface area contributed by atoms with Crippen molar-refractivity contribution in [1.82, 2.24) is 10.2 Å². The van der Waals surface area contributed by atoms with Gasteiger partial charge in [-0.3, -0.25) is 5.10 Å². The van der Waals surface area contributed by atoms with Gasteiger partial charge < -0.3 is 5.32 Å².